The second kappa shape index (κ2) is 7.37. The maximum atomic E-state index is 12.1. The summed E-state index contributed by atoms with van der Waals surface area (Å²) in [6.07, 6.45) is 0. The molecule has 0 aromatic heterocycles. The van der Waals surface area contributed by atoms with Gasteiger partial charge in [-0.1, -0.05) is 23.4 Å². The number of hydrogen-bond acceptors (Lipinski definition) is 3. The van der Waals surface area contributed by atoms with Crippen molar-refractivity contribution in [3.05, 3.63) is 35.4 Å². The highest BCUT2D eigenvalue weighted by atomic mass is 16.4. The Morgan fingerprint density at radius 2 is 2.00 bits per heavy atom. The van der Waals surface area contributed by atoms with Crippen molar-refractivity contribution in [2.75, 3.05) is 20.1 Å². The normalized spacial score (nSPS) is 11.2. The molecule has 0 fully saturated rings. The highest BCUT2D eigenvalue weighted by molar-refractivity contribution is 5.97. The zero-order chi connectivity index (χ0) is 15.1. The molecule has 0 atom stereocenters. The van der Waals surface area contributed by atoms with Crippen LogP contribution < -0.4 is 5.73 Å². The molecular weight excluding hydrogens is 256 g/mol. The number of urea groups is 1. The first kappa shape index (κ1) is 15.8. The van der Waals surface area contributed by atoms with Gasteiger partial charge >= 0.3 is 6.03 Å². The van der Waals surface area contributed by atoms with E-state index in [0.717, 1.165) is 5.56 Å². The Labute approximate surface area is 119 Å². The molecule has 2 amide bonds. The van der Waals surface area contributed by atoms with Gasteiger partial charge in [0.05, 0.1) is 0 Å². The minimum atomic E-state index is -0.01000. The second-order valence-electron chi connectivity index (χ2n) is 4.50. The number of benzene rings is 1. The lowest BCUT2D eigenvalue weighted by Crippen LogP contribution is -2.40. The van der Waals surface area contributed by atoms with Crippen LogP contribution in [0.25, 0.3) is 0 Å². The molecule has 0 spiro atoms. The molecule has 0 bridgehead atoms. The van der Waals surface area contributed by atoms with Crippen LogP contribution in [0.1, 0.15) is 25.0 Å². The molecule has 0 saturated carbocycles. The van der Waals surface area contributed by atoms with E-state index in [-0.39, 0.29) is 11.9 Å². The largest absolute Gasteiger partial charge is 0.409 e. The van der Waals surface area contributed by atoms with E-state index in [1.165, 1.54) is 0 Å². The highest BCUT2D eigenvalue weighted by Gasteiger charge is 2.15. The summed E-state index contributed by atoms with van der Waals surface area (Å²) in [7, 11) is 1.76. The highest BCUT2D eigenvalue weighted by Crippen LogP contribution is 2.09. The number of oxime groups is 1. The Kier molecular flexibility index (Phi) is 5.83. The van der Waals surface area contributed by atoms with E-state index in [1.54, 1.807) is 29.0 Å². The first-order valence-electron chi connectivity index (χ1n) is 6.60. The van der Waals surface area contributed by atoms with Crippen LogP contribution in [0.3, 0.4) is 0 Å². The Hall–Kier alpha value is -2.24. The van der Waals surface area contributed by atoms with Gasteiger partial charge in [-0.2, -0.15) is 0 Å². The summed E-state index contributed by atoms with van der Waals surface area (Å²) >= 11 is 0. The van der Waals surface area contributed by atoms with E-state index in [0.29, 0.717) is 25.2 Å². The fraction of sp³-hybridized carbons (Fsp3) is 0.429. The molecule has 110 valence electrons. The number of amides is 2. The lowest BCUT2D eigenvalue weighted by atomic mass is 10.1. The maximum Gasteiger partial charge on any atom is 0.320 e. The summed E-state index contributed by atoms with van der Waals surface area (Å²) in [6.45, 7) is 5.75. The third-order valence-corrected chi connectivity index (χ3v) is 3.11. The van der Waals surface area contributed by atoms with Gasteiger partial charge in [0, 0.05) is 32.2 Å². The molecule has 0 heterocycles. The van der Waals surface area contributed by atoms with Crippen molar-refractivity contribution < 1.29 is 10.0 Å². The van der Waals surface area contributed by atoms with Gasteiger partial charge < -0.3 is 20.7 Å². The molecule has 20 heavy (non-hydrogen) atoms. The number of rotatable bonds is 5. The molecule has 0 aliphatic carbocycles. The molecule has 0 unspecified atom stereocenters. The summed E-state index contributed by atoms with van der Waals surface area (Å²) in [5.74, 6) is 0.0598. The monoisotopic (exact) mass is 278 g/mol. The van der Waals surface area contributed by atoms with Gasteiger partial charge in [0.1, 0.15) is 0 Å². The fourth-order valence-electron chi connectivity index (χ4n) is 1.96. The van der Waals surface area contributed by atoms with E-state index in [4.69, 9.17) is 10.9 Å². The smallest absolute Gasteiger partial charge is 0.320 e. The number of carbonyl (C=O) groups excluding carboxylic acids is 1. The third-order valence-electron chi connectivity index (χ3n) is 3.11. The number of nitrogens with two attached hydrogens (primary N) is 1. The summed E-state index contributed by atoms with van der Waals surface area (Å²) in [6, 6.07) is 7.27. The van der Waals surface area contributed by atoms with Gasteiger partial charge in [-0.3, -0.25) is 0 Å². The Morgan fingerprint density at radius 1 is 1.35 bits per heavy atom. The van der Waals surface area contributed by atoms with Gasteiger partial charge in [-0.05, 0) is 25.5 Å². The molecule has 6 nitrogen and oxygen atoms in total. The van der Waals surface area contributed by atoms with E-state index < -0.39 is 0 Å². The number of nitrogens with zero attached hydrogens (tertiary/aromatic N) is 3. The average molecular weight is 278 g/mol. The van der Waals surface area contributed by atoms with Crippen molar-refractivity contribution in [1.82, 2.24) is 9.80 Å². The van der Waals surface area contributed by atoms with Gasteiger partial charge in [0.15, 0.2) is 5.84 Å². The number of amidine groups is 1. The zero-order valence-electron chi connectivity index (χ0n) is 12.2. The molecular formula is C14H22N4O2. The van der Waals surface area contributed by atoms with Crippen LogP contribution >= 0.6 is 0 Å². The number of hydrogen-bond donors (Lipinski definition) is 2. The quantitative estimate of drug-likeness (QED) is 0.372. The van der Waals surface area contributed by atoms with Crippen molar-refractivity contribution in [3.63, 3.8) is 0 Å². The summed E-state index contributed by atoms with van der Waals surface area (Å²) in [4.78, 5) is 15.6. The van der Waals surface area contributed by atoms with Gasteiger partial charge in [-0.25, -0.2) is 4.79 Å². The summed E-state index contributed by atoms with van der Waals surface area (Å²) in [5, 5.41) is 11.7. The molecule has 1 aromatic rings. The minimum absolute atomic E-state index is 0.01000. The van der Waals surface area contributed by atoms with Gasteiger partial charge in [0.2, 0.25) is 0 Å². The predicted octanol–water partition coefficient (Wildman–Crippen LogP) is 1.67. The van der Waals surface area contributed by atoms with E-state index in [1.807, 2.05) is 26.0 Å². The molecule has 0 aliphatic rings. The van der Waals surface area contributed by atoms with Crippen molar-refractivity contribution in [3.8, 4) is 0 Å². The van der Waals surface area contributed by atoms with E-state index >= 15 is 0 Å². The van der Waals surface area contributed by atoms with Gasteiger partial charge in [0.25, 0.3) is 0 Å². The van der Waals surface area contributed by atoms with Crippen molar-refractivity contribution >= 4 is 11.9 Å². The molecule has 1 rings (SSSR count). The van der Waals surface area contributed by atoms with Crippen LogP contribution in [0.15, 0.2) is 29.4 Å². The topological polar surface area (TPSA) is 82.2 Å². The maximum absolute atomic E-state index is 12.1. The zero-order valence-corrected chi connectivity index (χ0v) is 12.2. The summed E-state index contributed by atoms with van der Waals surface area (Å²) < 4.78 is 0. The van der Waals surface area contributed by atoms with Crippen LogP contribution in [0.4, 0.5) is 4.79 Å². The van der Waals surface area contributed by atoms with Crippen LogP contribution in [0.2, 0.25) is 0 Å². The average Bonchev–Trinajstić information content (AvgIpc) is 2.47. The van der Waals surface area contributed by atoms with E-state index in [9.17, 15) is 4.79 Å². The molecule has 3 N–H and O–H groups in total. The Balaban J connectivity index is 2.80. The second-order valence-corrected chi connectivity index (χ2v) is 4.50. The third kappa shape index (κ3) is 3.88. The Morgan fingerprint density at radius 3 is 2.55 bits per heavy atom. The standard InChI is InChI=1S/C14H22N4O2/c1-4-18(5-2)14(19)17(3)10-11-7-6-8-12(9-11)13(15)16-20/h6-9,20H,4-5,10H2,1-3H3,(H2,15,16). The van der Waals surface area contributed by atoms with Crippen LogP contribution in [0.5, 0.6) is 0 Å². The number of carbonyl (C=O) groups is 1. The van der Waals surface area contributed by atoms with Crippen LogP contribution in [0, 0.1) is 0 Å². The van der Waals surface area contributed by atoms with Crippen molar-refractivity contribution in [1.29, 1.82) is 0 Å². The molecule has 0 radical (unpaired) electrons. The molecule has 0 saturated heterocycles. The van der Waals surface area contributed by atoms with Gasteiger partial charge in [-0.15, -0.1) is 0 Å². The predicted molar refractivity (Wildman–Crippen MR) is 78.7 cm³/mol. The first-order chi connectivity index (χ1) is 9.53. The first-order valence-corrected chi connectivity index (χ1v) is 6.60. The minimum Gasteiger partial charge on any atom is -0.409 e. The van der Waals surface area contributed by atoms with Crippen molar-refractivity contribution in [2.45, 2.75) is 20.4 Å². The lowest BCUT2D eigenvalue weighted by Gasteiger charge is -2.26. The fourth-order valence-corrected chi connectivity index (χ4v) is 1.96. The molecule has 1 aromatic carbocycles. The van der Waals surface area contributed by atoms with Crippen molar-refractivity contribution in [2.24, 2.45) is 10.9 Å². The van der Waals surface area contributed by atoms with Crippen LogP contribution in [-0.4, -0.2) is 47.0 Å². The Bertz CT molecular complexity index is 484. The van der Waals surface area contributed by atoms with Crippen LogP contribution in [-0.2, 0) is 6.54 Å². The SMILES string of the molecule is CCN(CC)C(=O)N(C)Cc1cccc(C(N)=NO)c1. The van der Waals surface area contributed by atoms with E-state index in [2.05, 4.69) is 5.16 Å². The lowest BCUT2D eigenvalue weighted by molar-refractivity contribution is 0.165. The molecule has 6 heteroatoms. The molecule has 0 aliphatic heterocycles. The summed E-state index contributed by atoms with van der Waals surface area (Å²) in [5.41, 5.74) is 7.12.